The molecular formula is C12H24N2S. The molecule has 2 nitrogen and oxygen atoms in total. The maximum absolute atomic E-state index is 5.66. The molecule has 88 valence electrons. The van der Waals surface area contributed by atoms with Crippen molar-refractivity contribution in [3.05, 3.63) is 0 Å². The Bertz CT molecular complexity index is 222. The highest BCUT2D eigenvalue weighted by atomic mass is 32.1. The lowest BCUT2D eigenvalue weighted by atomic mass is 10.0. The number of hydrogen-bond donors (Lipinski definition) is 1. The summed E-state index contributed by atoms with van der Waals surface area (Å²) < 4.78 is 0. The molecule has 0 spiro atoms. The number of thiocarbonyl (C=S) groups is 1. The van der Waals surface area contributed by atoms with Crippen molar-refractivity contribution in [3.8, 4) is 0 Å². The van der Waals surface area contributed by atoms with Gasteiger partial charge in [0.2, 0.25) is 0 Å². The fourth-order valence-corrected chi connectivity index (χ4v) is 2.48. The van der Waals surface area contributed by atoms with Crippen molar-refractivity contribution < 1.29 is 0 Å². The zero-order valence-electron chi connectivity index (χ0n) is 10.3. The number of hydrogen-bond acceptors (Lipinski definition) is 2. The van der Waals surface area contributed by atoms with E-state index >= 15 is 0 Å². The van der Waals surface area contributed by atoms with Gasteiger partial charge in [-0.1, -0.05) is 19.1 Å². The quantitative estimate of drug-likeness (QED) is 0.679. The molecule has 0 aromatic rings. The summed E-state index contributed by atoms with van der Waals surface area (Å²) in [5.74, 6) is 0. The maximum Gasteiger partial charge on any atom is 0.0733 e. The van der Waals surface area contributed by atoms with Crippen LogP contribution in [0.25, 0.3) is 0 Å². The predicted octanol–water partition coefficient (Wildman–Crippen LogP) is 2.56. The van der Waals surface area contributed by atoms with E-state index in [1.165, 1.54) is 32.4 Å². The molecule has 1 aliphatic carbocycles. The van der Waals surface area contributed by atoms with Crippen LogP contribution in [0.15, 0.2) is 0 Å². The van der Waals surface area contributed by atoms with E-state index in [0.717, 1.165) is 6.42 Å². The highest BCUT2D eigenvalue weighted by molar-refractivity contribution is 7.80. The summed E-state index contributed by atoms with van der Waals surface area (Å²) in [5, 5.41) is 0. The lowest BCUT2D eigenvalue weighted by Gasteiger charge is -2.30. The Hall–Kier alpha value is -0.150. The first kappa shape index (κ1) is 12.9. The molecule has 2 N–H and O–H groups in total. The van der Waals surface area contributed by atoms with Crippen molar-refractivity contribution in [2.24, 2.45) is 11.1 Å². The van der Waals surface area contributed by atoms with Gasteiger partial charge in [0.05, 0.1) is 4.99 Å². The molecule has 1 saturated carbocycles. The van der Waals surface area contributed by atoms with E-state index < -0.39 is 0 Å². The minimum Gasteiger partial charge on any atom is -0.393 e. The largest absolute Gasteiger partial charge is 0.393 e. The van der Waals surface area contributed by atoms with E-state index in [4.69, 9.17) is 18.0 Å². The molecule has 0 amide bonds. The second-order valence-corrected chi connectivity index (χ2v) is 5.73. The molecule has 0 atom stereocenters. The van der Waals surface area contributed by atoms with Gasteiger partial charge in [0.25, 0.3) is 0 Å². The SMILES string of the molecule is CCCN(CC1(CC(N)=S)CC1)C(C)C. The molecule has 1 fully saturated rings. The fourth-order valence-electron chi connectivity index (χ4n) is 2.18. The molecule has 0 unspecified atom stereocenters. The van der Waals surface area contributed by atoms with Crippen LogP contribution in [0.4, 0.5) is 0 Å². The third-order valence-corrected chi connectivity index (χ3v) is 3.43. The first-order chi connectivity index (χ1) is 6.99. The zero-order chi connectivity index (χ0) is 11.5. The minimum atomic E-state index is 0.436. The molecule has 0 heterocycles. The fraction of sp³-hybridized carbons (Fsp3) is 0.917. The smallest absolute Gasteiger partial charge is 0.0733 e. The highest BCUT2D eigenvalue weighted by Gasteiger charge is 2.44. The Morgan fingerprint density at radius 2 is 2.07 bits per heavy atom. The summed E-state index contributed by atoms with van der Waals surface area (Å²) in [6.45, 7) is 9.15. The monoisotopic (exact) mass is 228 g/mol. The van der Waals surface area contributed by atoms with Crippen molar-refractivity contribution in [2.75, 3.05) is 13.1 Å². The van der Waals surface area contributed by atoms with E-state index in [1.54, 1.807) is 0 Å². The second kappa shape index (κ2) is 5.26. The van der Waals surface area contributed by atoms with Gasteiger partial charge in [0.15, 0.2) is 0 Å². The standard InChI is InChI=1S/C12H24N2S/c1-4-7-14(10(2)3)9-12(5-6-12)8-11(13)15/h10H,4-9H2,1-3H3,(H2,13,15). The number of nitrogens with zero attached hydrogens (tertiary/aromatic N) is 1. The van der Waals surface area contributed by atoms with Gasteiger partial charge in [0, 0.05) is 19.0 Å². The lowest BCUT2D eigenvalue weighted by molar-refractivity contribution is 0.180. The molecule has 0 aromatic carbocycles. The van der Waals surface area contributed by atoms with Gasteiger partial charge in [0.1, 0.15) is 0 Å². The molecule has 1 rings (SSSR count). The van der Waals surface area contributed by atoms with E-state index in [2.05, 4.69) is 25.7 Å². The average Bonchev–Trinajstić information content (AvgIpc) is 2.83. The summed E-state index contributed by atoms with van der Waals surface area (Å²) >= 11 is 5.03. The van der Waals surface area contributed by atoms with Crippen LogP contribution in [0.1, 0.15) is 46.5 Å². The molecule has 15 heavy (non-hydrogen) atoms. The van der Waals surface area contributed by atoms with E-state index in [-0.39, 0.29) is 0 Å². The molecule has 0 radical (unpaired) electrons. The van der Waals surface area contributed by atoms with Crippen molar-refractivity contribution in [3.63, 3.8) is 0 Å². The third kappa shape index (κ3) is 4.07. The summed E-state index contributed by atoms with van der Waals surface area (Å²) in [6, 6.07) is 0.633. The van der Waals surface area contributed by atoms with Crippen molar-refractivity contribution in [1.29, 1.82) is 0 Å². The Morgan fingerprint density at radius 3 is 2.40 bits per heavy atom. The number of nitrogens with two attached hydrogens (primary N) is 1. The predicted molar refractivity (Wildman–Crippen MR) is 70.1 cm³/mol. The van der Waals surface area contributed by atoms with Crippen molar-refractivity contribution in [1.82, 2.24) is 4.90 Å². The normalized spacial score (nSPS) is 18.5. The van der Waals surface area contributed by atoms with Crippen LogP contribution in [0.2, 0.25) is 0 Å². The van der Waals surface area contributed by atoms with Gasteiger partial charge in [-0.3, -0.25) is 0 Å². The van der Waals surface area contributed by atoms with Gasteiger partial charge >= 0.3 is 0 Å². The first-order valence-corrected chi connectivity index (χ1v) is 6.42. The van der Waals surface area contributed by atoms with E-state index in [0.29, 0.717) is 16.4 Å². The van der Waals surface area contributed by atoms with Gasteiger partial charge in [-0.05, 0) is 45.1 Å². The van der Waals surface area contributed by atoms with Crippen LogP contribution in [-0.2, 0) is 0 Å². The third-order valence-electron chi connectivity index (χ3n) is 3.29. The van der Waals surface area contributed by atoms with Gasteiger partial charge in [-0.2, -0.15) is 0 Å². The minimum absolute atomic E-state index is 0.436. The van der Waals surface area contributed by atoms with Crippen molar-refractivity contribution in [2.45, 2.75) is 52.5 Å². The summed E-state index contributed by atoms with van der Waals surface area (Å²) in [7, 11) is 0. The summed E-state index contributed by atoms with van der Waals surface area (Å²) in [4.78, 5) is 3.25. The zero-order valence-corrected chi connectivity index (χ0v) is 11.1. The van der Waals surface area contributed by atoms with Crippen LogP contribution >= 0.6 is 12.2 Å². The highest BCUT2D eigenvalue weighted by Crippen LogP contribution is 2.49. The summed E-state index contributed by atoms with van der Waals surface area (Å²) in [5.41, 5.74) is 6.09. The van der Waals surface area contributed by atoms with Crippen LogP contribution in [0, 0.1) is 5.41 Å². The van der Waals surface area contributed by atoms with Crippen LogP contribution in [0.5, 0.6) is 0 Å². The molecule has 1 aliphatic rings. The Kier molecular flexibility index (Phi) is 4.53. The molecule has 0 saturated heterocycles. The average molecular weight is 228 g/mol. The van der Waals surface area contributed by atoms with Crippen LogP contribution in [0.3, 0.4) is 0 Å². The van der Waals surface area contributed by atoms with Gasteiger partial charge in [-0.15, -0.1) is 0 Å². The molecule has 0 bridgehead atoms. The Balaban J connectivity index is 2.46. The summed E-state index contributed by atoms with van der Waals surface area (Å²) in [6.07, 6.45) is 4.77. The number of rotatable bonds is 7. The van der Waals surface area contributed by atoms with Crippen LogP contribution < -0.4 is 5.73 Å². The molecule has 0 aliphatic heterocycles. The molecule has 3 heteroatoms. The van der Waals surface area contributed by atoms with E-state index in [9.17, 15) is 0 Å². The Labute approximate surface area is 99.2 Å². The molecule has 0 aromatic heterocycles. The van der Waals surface area contributed by atoms with Gasteiger partial charge in [-0.25, -0.2) is 0 Å². The second-order valence-electron chi connectivity index (χ2n) is 5.21. The van der Waals surface area contributed by atoms with Crippen molar-refractivity contribution >= 4 is 17.2 Å². The molecular weight excluding hydrogens is 204 g/mol. The first-order valence-electron chi connectivity index (χ1n) is 6.01. The van der Waals surface area contributed by atoms with E-state index in [1.807, 2.05) is 0 Å². The van der Waals surface area contributed by atoms with Gasteiger partial charge < -0.3 is 10.6 Å². The van der Waals surface area contributed by atoms with Crippen LogP contribution in [-0.4, -0.2) is 29.0 Å². The lowest BCUT2D eigenvalue weighted by Crippen LogP contribution is -2.37. The maximum atomic E-state index is 5.66. The Morgan fingerprint density at radius 1 is 1.47 bits per heavy atom. The topological polar surface area (TPSA) is 29.3 Å².